The van der Waals surface area contributed by atoms with Crippen LogP contribution >= 0.6 is 11.3 Å². The Hall–Kier alpha value is -3.33. The van der Waals surface area contributed by atoms with Crippen LogP contribution in [0.5, 0.6) is 5.75 Å². The van der Waals surface area contributed by atoms with Crippen molar-refractivity contribution in [2.75, 3.05) is 13.1 Å². The third kappa shape index (κ3) is 5.66. The number of aliphatic carboxylic acids is 1. The topological polar surface area (TPSA) is 49.8 Å². The number of ether oxygens (including phenoxy) is 1. The summed E-state index contributed by atoms with van der Waals surface area (Å²) in [6, 6.07) is 18.7. The lowest BCUT2D eigenvalue weighted by Crippen LogP contribution is -2.40. The summed E-state index contributed by atoms with van der Waals surface area (Å²) in [4.78, 5) is 16.4. The van der Waals surface area contributed by atoms with Gasteiger partial charge in [-0.15, -0.1) is 17.3 Å². The summed E-state index contributed by atoms with van der Waals surface area (Å²) in [5, 5.41) is 9.15. The van der Waals surface area contributed by atoms with Gasteiger partial charge in [-0.25, -0.2) is 0 Å². The van der Waals surface area contributed by atoms with E-state index >= 15 is 0 Å². The lowest BCUT2D eigenvalue weighted by molar-refractivity contribution is -0.137. The first kappa shape index (κ1) is 25.3. The number of carboxylic acid groups (broad SMARTS) is 1. The van der Waals surface area contributed by atoms with Crippen LogP contribution in [0.2, 0.25) is 0 Å². The second kappa shape index (κ2) is 11.0. The van der Waals surface area contributed by atoms with Crippen molar-refractivity contribution in [1.82, 2.24) is 4.90 Å². The molecule has 5 rings (SSSR count). The molecule has 1 fully saturated rings. The van der Waals surface area contributed by atoms with Crippen molar-refractivity contribution in [3.05, 3.63) is 92.7 Å². The minimum Gasteiger partial charge on any atom is -0.488 e. The molecule has 0 saturated carbocycles. The van der Waals surface area contributed by atoms with E-state index in [1.54, 1.807) is 6.92 Å². The maximum atomic E-state index is 11.1. The molecule has 1 aliphatic carbocycles. The number of likely N-dealkylation sites (tertiary alicyclic amines) is 1. The molecule has 1 spiro atoms. The zero-order chi connectivity index (χ0) is 25.8. The van der Waals surface area contributed by atoms with Gasteiger partial charge in [0.25, 0.3) is 0 Å². The summed E-state index contributed by atoms with van der Waals surface area (Å²) in [5.74, 6) is 5.46. The lowest BCUT2D eigenvalue weighted by Gasteiger charge is -2.39. The number of fused-ring (bicyclic) bond motifs is 2. The van der Waals surface area contributed by atoms with E-state index in [-0.39, 0.29) is 17.8 Å². The maximum Gasteiger partial charge on any atom is 0.304 e. The minimum atomic E-state index is -0.846. The van der Waals surface area contributed by atoms with Crippen LogP contribution < -0.4 is 4.74 Å². The van der Waals surface area contributed by atoms with Gasteiger partial charge in [0.05, 0.1) is 12.3 Å². The summed E-state index contributed by atoms with van der Waals surface area (Å²) >= 11 is 1.84. The van der Waals surface area contributed by atoms with Crippen molar-refractivity contribution < 1.29 is 14.6 Å². The largest absolute Gasteiger partial charge is 0.488 e. The van der Waals surface area contributed by atoms with Crippen molar-refractivity contribution in [2.45, 2.75) is 57.6 Å². The molecule has 0 amide bonds. The van der Waals surface area contributed by atoms with Crippen molar-refractivity contribution in [1.29, 1.82) is 0 Å². The number of hydrogen-bond acceptors (Lipinski definition) is 4. The molecule has 2 heterocycles. The molecule has 2 aromatic carbocycles. The van der Waals surface area contributed by atoms with Crippen LogP contribution in [0.1, 0.15) is 64.1 Å². The molecule has 2 aliphatic rings. The molecule has 0 bridgehead atoms. The third-order valence-electron chi connectivity index (χ3n) is 7.63. The Labute approximate surface area is 223 Å². The predicted molar refractivity (Wildman–Crippen MR) is 150 cm³/mol. The molecule has 1 atom stereocenters. The van der Waals surface area contributed by atoms with E-state index in [0.29, 0.717) is 6.61 Å². The van der Waals surface area contributed by atoms with Crippen LogP contribution in [0.15, 0.2) is 60.7 Å². The Balaban J connectivity index is 1.15. The Bertz CT molecular complexity index is 1350. The van der Waals surface area contributed by atoms with Crippen molar-refractivity contribution in [2.24, 2.45) is 0 Å². The number of carbonyl (C=O) groups is 1. The summed E-state index contributed by atoms with van der Waals surface area (Å²) < 4.78 is 6.06. The Morgan fingerprint density at radius 1 is 1.16 bits per heavy atom. The molecule has 1 N–H and O–H groups in total. The van der Waals surface area contributed by atoms with E-state index in [1.165, 1.54) is 39.3 Å². The van der Waals surface area contributed by atoms with Crippen LogP contribution in [-0.4, -0.2) is 29.1 Å². The van der Waals surface area contributed by atoms with E-state index in [2.05, 4.69) is 66.1 Å². The average molecular weight is 512 g/mol. The molecule has 0 unspecified atom stereocenters. The van der Waals surface area contributed by atoms with Gasteiger partial charge in [-0.1, -0.05) is 54.5 Å². The summed E-state index contributed by atoms with van der Waals surface area (Å²) in [6.07, 6.45) is 7.10. The molecule has 3 aromatic rings. The number of thiophene rings is 1. The number of allylic oxidation sites excluding steroid dienone is 1. The number of carboxylic acids is 1. The van der Waals surface area contributed by atoms with E-state index in [9.17, 15) is 4.79 Å². The fourth-order valence-electron chi connectivity index (χ4n) is 5.55. The first-order chi connectivity index (χ1) is 18.0. The van der Waals surface area contributed by atoms with Gasteiger partial charge in [0.15, 0.2) is 0 Å². The minimum absolute atomic E-state index is 0.000286. The Kier molecular flexibility index (Phi) is 7.50. The highest BCUT2D eigenvalue weighted by Gasteiger charge is 2.37. The monoisotopic (exact) mass is 511 g/mol. The van der Waals surface area contributed by atoms with Gasteiger partial charge in [0.2, 0.25) is 0 Å². The molecule has 1 aliphatic heterocycles. The van der Waals surface area contributed by atoms with E-state index in [0.717, 1.165) is 30.9 Å². The second-order valence-electron chi connectivity index (χ2n) is 10.1. The highest BCUT2D eigenvalue weighted by Crippen LogP contribution is 2.44. The van der Waals surface area contributed by atoms with Gasteiger partial charge in [-0.3, -0.25) is 9.69 Å². The van der Waals surface area contributed by atoms with Gasteiger partial charge < -0.3 is 9.84 Å². The molecule has 1 saturated heterocycles. The molecular formula is C32H33NO3S. The number of rotatable bonds is 8. The van der Waals surface area contributed by atoms with Crippen LogP contribution in [0.3, 0.4) is 0 Å². The normalized spacial score (nSPS) is 16.7. The number of piperidine rings is 1. The number of aryl methyl sites for hydroxylation is 1. The van der Waals surface area contributed by atoms with Crippen LogP contribution in [0, 0.1) is 18.8 Å². The molecule has 0 radical (unpaired) electrons. The lowest BCUT2D eigenvalue weighted by atomic mass is 9.74. The van der Waals surface area contributed by atoms with E-state index in [1.807, 2.05) is 35.6 Å². The number of nitrogens with zero attached hydrogens (tertiary/aromatic N) is 1. The van der Waals surface area contributed by atoms with Crippen LogP contribution in [0.25, 0.3) is 6.08 Å². The summed E-state index contributed by atoms with van der Waals surface area (Å²) in [5.41, 5.74) is 5.35. The highest BCUT2D eigenvalue weighted by atomic mass is 32.1. The zero-order valence-electron chi connectivity index (χ0n) is 21.5. The van der Waals surface area contributed by atoms with Crippen LogP contribution in [-0.2, 0) is 23.4 Å². The zero-order valence-corrected chi connectivity index (χ0v) is 22.3. The average Bonchev–Trinajstić information content (AvgIpc) is 3.44. The number of hydrogen-bond donors (Lipinski definition) is 1. The summed E-state index contributed by atoms with van der Waals surface area (Å²) in [6.45, 7) is 7.68. The fraction of sp³-hybridized carbons (Fsp3) is 0.344. The molecular weight excluding hydrogens is 478 g/mol. The smallest absolute Gasteiger partial charge is 0.304 e. The summed E-state index contributed by atoms with van der Waals surface area (Å²) in [7, 11) is 0. The fourth-order valence-corrected chi connectivity index (χ4v) is 6.69. The quantitative estimate of drug-likeness (QED) is 0.339. The first-order valence-corrected chi connectivity index (χ1v) is 13.7. The van der Waals surface area contributed by atoms with Gasteiger partial charge in [0.1, 0.15) is 12.4 Å². The van der Waals surface area contributed by atoms with E-state index in [4.69, 9.17) is 9.84 Å². The van der Waals surface area contributed by atoms with Gasteiger partial charge >= 0.3 is 5.97 Å². The van der Waals surface area contributed by atoms with Crippen molar-refractivity contribution in [3.8, 4) is 17.6 Å². The third-order valence-corrected chi connectivity index (χ3v) is 8.82. The molecule has 37 heavy (non-hydrogen) atoms. The first-order valence-electron chi connectivity index (χ1n) is 12.9. The van der Waals surface area contributed by atoms with Crippen molar-refractivity contribution in [3.63, 3.8) is 0 Å². The highest BCUT2D eigenvalue weighted by molar-refractivity contribution is 7.12. The molecule has 1 aromatic heterocycles. The van der Waals surface area contributed by atoms with Crippen LogP contribution in [0.4, 0.5) is 0 Å². The molecule has 5 heteroatoms. The molecule has 4 nitrogen and oxygen atoms in total. The Morgan fingerprint density at radius 3 is 2.65 bits per heavy atom. The van der Waals surface area contributed by atoms with Gasteiger partial charge in [0, 0.05) is 21.7 Å². The van der Waals surface area contributed by atoms with Gasteiger partial charge in [-0.2, -0.15) is 0 Å². The van der Waals surface area contributed by atoms with Crippen molar-refractivity contribution >= 4 is 23.4 Å². The SMILES string of the molecule is CC#C[C@@H](CC(=O)O)c1ccc(OCc2cc(C)c(CN3CCC4(C=Cc5ccccc54)CC3)s2)cc1. The van der Waals surface area contributed by atoms with E-state index < -0.39 is 5.97 Å². The van der Waals surface area contributed by atoms with Gasteiger partial charge in [-0.05, 0) is 80.2 Å². The predicted octanol–water partition coefficient (Wildman–Crippen LogP) is 6.78. The Morgan fingerprint density at radius 2 is 1.92 bits per heavy atom. The molecule has 190 valence electrons. The standard InChI is InChI=1S/C32H33NO3S/c1-3-6-26(20-31(34)35)24-9-11-27(12-10-24)36-22-28-19-23(2)30(37-28)21-33-17-15-32(16-18-33)14-13-25-7-4-5-8-29(25)32/h4-5,7-14,19,26H,15-18,20-22H2,1-2H3,(H,34,35)/t26-/m0/s1. The second-order valence-corrected chi connectivity index (χ2v) is 11.3. The number of benzene rings is 2. The maximum absolute atomic E-state index is 11.1.